The molecule has 0 saturated heterocycles. The molecule has 0 unspecified atom stereocenters. The highest BCUT2D eigenvalue weighted by Crippen LogP contribution is 2.30. The van der Waals surface area contributed by atoms with Gasteiger partial charge in [-0.05, 0) is 72.8 Å². The van der Waals surface area contributed by atoms with E-state index in [1.54, 1.807) is 0 Å². The first kappa shape index (κ1) is 26.7. The Hall–Kier alpha value is -3.90. The molecule has 0 aliphatic rings. The fourth-order valence-corrected chi connectivity index (χ4v) is 6.27. The first-order chi connectivity index (χ1) is 16.9. The van der Waals surface area contributed by atoms with E-state index in [1.807, 2.05) is 0 Å². The molecule has 2 amide bonds. The molecule has 190 valence electrons. The third-order valence-electron chi connectivity index (χ3n) is 5.09. The van der Waals surface area contributed by atoms with E-state index in [2.05, 4.69) is 0 Å². The van der Waals surface area contributed by atoms with Gasteiger partial charge >= 0.3 is 0 Å². The van der Waals surface area contributed by atoms with Crippen LogP contribution in [0.1, 0.15) is 13.8 Å². The van der Waals surface area contributed by atoms with E-state index in [9.17, 15) is 26.4 Å². The molecular weight excluding hydrogens is 508 g/mol. The molecule has 3 aromatic carbocycles. The second-order valence-corrected chi connectivity index (χ2v) is 11.0. The number of sulfonamides is 2. The molecule has 0 spiro atoms. The number of benzene rings is 3. The van der Waals surface area contributed by atoms with Gasteiger partial charge in [-0.1, -0.05) is 0 Å². The number of carbonyl (C=O) groups excluding carboxylic acids is 2. The van der Waals surface area contributed by atoms with Gasteiger partial charge in [0.15, 0.2) is 0 Å². The van der Waals surface area contributed by atoms with Crippen LogP contribution in [0.2, 0.25) is 0 Å². The molecule has 36 heavy (non-hydrogen) atoms. The fraction of sp³-hybridized carbons (Fsp3) is 0.167. The van der Waals surface area contributed by atoms with Crippen molar-refractivity contribution in [1.29, 1.82) is 0 Å². The Balaban J connectivity index is 2.01. The highest BCUT2D eigenvalue weighted by Gasteiger charge is 2.31. The lowest BCUT2D eigenvalue weighted by Gasteiger charge is -2.24. The zero-order valence-corrected chi connectivity index (χ0v) is 21.5. The standard InChI is InChI=1S/C24H24N2O8S2/c1-17(27)25(35(29,30)23-13-9-21(33-3)10-14-23)19-5-7-20(8-6-19)26(18(2)28)36(31,32)24-15-11-22(34-4)12-16-24/h5-16H,1-4H3. The minimum absolute atomic E-state index is 0.0348. The minimum atomic E-state index is -4.29. The summed E-state index contributed by atoms with van der Waals surface area (Å²) in [5.41, 5.74) is -0.0696. The molecule has 3 aromatic rings. The van der Waals surface area contributed by atoms with Gasteiger partial charge in [-0.2, -0.15) is 0 Å². The summed E-state index contributed by atoms with van der Waals surface area (Å²) in [6.07, 6.45) is 0. The zero-order chi connectivity index (χ0) is 26.7. The monoisotopic (exact) mass is 532 g/mol. The minimum Gasteiger partial charge on any atom is -0.497 e. The summed E-state index contributed by atoms with van der Waals surface area (Å²) in [5.74, 6) is -0.689. The lowest BCUT2D eigenvalue weighted by molar-refractivity contribution is -0.116. The first-order valence-electron chi connectivity index (χ1n) is 10.4. The molecule has 0 radical (unpaired) electrons. The van der Waals surface area contributed by atoms with E-state index < -0.39 is 31.9 Å². The summed E-state index contributed by atoms with van der Waals surface area (Å²) < 4.78 is 64.0. The van der Waals surface area contributed by atoms with E-state index in [-0.39, 0.29) is 21.2 Å². The Labute approximate surface area is 209 Å². The quantitative estimate of drug-likeness (QED) is 0.433. The molecule has 10 nitrogen and oxygen atoms in total. The Morgan fingerprint density at radius 1 is 0.556 bits per heavy atom. The average molecular weight is 533 g/mol. The normalized spacial score (nSPS) is 11.4. The van der Waals surface area contributed by atoms with Gasteiger partial charge in [0.1, 0.15) is 11.5 Å². The highest BCUT2D eigenvalue weighted by molar-refractivity contribution is 7.94. The maximum atomic E-state index is 13.2. The van der Waals surface area contributed by atoms with Gasteiger partial charge in [-0.3, -0.25) is 9.59 Å². The average Bonchev–Trinajstić information content (AvgIpc) is 2.84. The highest BCUT2D eigenvalue weighted by atomic mass is 32.2. The molecule has 0 aromatic heterocycles. The van der Waals surface area contributed by atoms with Crippen LogP contribution in [0, 0.1) is 0 Å². The van der Waals surface area contributed by atoms with Crippen LogP contribution in [0.25, 0.3) is 0 Å². The molecule has 0 aliphatic heterocycles. The van der Waals surface area contributed by atoms with Gasteiger partial charge in [-0.15, -0.1) is 0 Å². The molecule has 0 atom stereocenters. The van der Waals surface area contributed by atoms with Gasteiger partial charge in [0, 0.05) is 13.8 Å². The summed E-state index contributed by atoms with van der Waals surface area (Å²) in [7, 11) is -5.70. The van der Waals surface area contributed by atoms with Crippen molar-refractivity contribution in [3.8, 4) is 11.5 Å². The van der Waals surface area contributed by atoms with Crippen LogP contribution < -0.4 is 18.1 Å². The van der Waals surface area contributed by atoms with Crippen molar-refractivity contribution in [3.05, 3.63) is 72.8 Å². The van der Waals surface area contributed by atoms with Crippen molar-refractivity contribution in [1.82, 2.24) is 0 Å². The van der Waals surface area contributed by atoms with Gasteiger partial charge in [0.25, 0.3) is 20.0 Å². The van der Waals surface area contributed by atoms with Gasteiger partial charge in [0.2, 0.25) is 11.8 Å². The van der Waals surface area contributed by atoms with E-state index in [4.69, 9.17) is 9.47 Å². The van der Waals surface area contributed by atoms with E-state index >= 15 is 0 Å². The molecular formula is C24H24N2O8S2. The van der Waals surface area contributed by atoms with E-state index in [0.29, 0.717) is 20.1 Å². The molecule has 12 heteroatoms. The molecule has 0 fully saturated rings. The second-order valence-electron chi connectivity index (χ2n) is 7.44. The molecule has 0 bridgehead atoms. The maximum absolute atomic E-state index is 13.2. The molecule has 0 saturated carbocycles. The van der Waals surface area contributed by atoms with Crippen LogP contribution in [0.4, 0.5) is 11.4 Å². The predicted molar refractivity (Wildman–Crippen MR) is 133 cm³/mol. The number of anilines is 2. The van der Waals surface area contributed by atoms with Crippen molar-refractivity contribution < 1.29 is 35.9 Å². The van der Waals surface area contributed by atoms with Gasteiger partial charge in [0.05, 0.1) is 35.4 Å². The van der Waals surface area contributed by atoms with Gasteiger partial charge < -0.3 is 9.47 Å². The van der Waals surface area contributed by atoms with Crippen LogP contribution in [0.3, 0.4) is 0 Å². The summed E-state index contributed by atoms with van der Waals surface area (Å²) in [6.45, 7) is 2.18. The number of amides is 2. The van der Waals surface area contributed by atoms with Crippen molar-refractivity contribution in [2.24, 2.45) is 0 Å². The Bertz CT molecular complexity index is 1350. The SMILES string of the molecule is COc1ccc(S(=O)(=O)N(C(C)=O)c2ccc(N(C(C)=O)S(=O)(=O)c3ccc(OC)cc3)cc2)cc1. The number of nitrogens with zero attached hydrogens (tertiary/aromatic N) is 2. The number of hydrogen-bond acceptors (Lipinski definition) is 8. The Morgan fingerprint density at radius 2 is 0.833 bits per heavy atom. The molecule has 0 aliphatic carbocycles. The summed E-state index contributed by atoms with van der Waals surface area (Å²) in [4.78, 5) is 24.4. The number of hydrogen-bond donors (Lipinski definition) is 0. The zero-order valence-electron chi connectivity index (χ0n) is 19.9. The van der Waals surface area contributed by atoms with Crippen LogP contribution in [0.15, 0.2) is 82.6 Å². The lowest BCUT2D eigenvalue weighted by Crippen LogP contribution is -2.36. The van der Waals surface area contributed by atoms with Crippen molar-refractivity contribution in [2.45, 2.75) is 23.6 Å². The van der Waals surface area contributed by atoms with Crippen LogP contribution >= 0.6 is 0 Å². The third kappa shape index (κ3) is 5.19. The fourth-order valence-electron chi connectivity index (χ4n) is 3.41. The largest absolute Gasteiger partial charge is 0.497 e. The van der Waals surface area contributed by atoms with E-state index in [1.165, 1.54) is 87.0 Å². The van der Waals surface area contributed by atoms with Crippen LogP contribution in [0.5, 0.6) is 11.5 Å². The topological polar surface area (TPSA) is 127 Å². The van der Waals surface area contributed by atoms with Crippen molar-refractivity contribution in [2.75, 3.05) is 22.8 Å². The van der Waals surface area contributed by atoms with Gasteiger partial charge in [-0.25, -0.2) is 25.4 Å². The molecule has 0 N–H and O–H groups in total. The third-order valence-corrected chi connectivity index (χ3v) is 8.72. The number of carbonyl (C=O) groups is 2. The number of ether oxygens (including phenoxy) is 2. The molecule has 3 rings (SSSR count). The van der Waals surface area contributed by atoms with E-state index in [0.717, 1.165) is 13.8 Å². The maximum Gasteiger partial charge on any atom is 0.270 e. The molecule has 0 heterocycles. The van der Waals surface area contributed by atoms with Crippen molar-refractivity contribution in [3.63, 3.8) is 0 Å². The Morgan fingerprint density at radius 3 is 1.06 bits per heavy atom. The lowest BCUT2D eigenvalue weighted by atomic mass is 10.2. The summed E-state index contributed by atoms with van der Waals surface area (Å²) in [6, 6.07) is 16.0. The summed E-state index contributed by atoms with van der Waals surface area (Å²) >= 11 is 0. The van der Waals surface area contributed by atoms with Crippen molar-refractivity contribution >= 4 is 43.2 Å². The number of methoxy groups -OCH3 is 2. The van der Waals surface area contributed by atoms with Crippen LogP contribution in [-0.2, 0) is 29.6 Å². The Kier molecular flexibility index (Phi) is 7.70. The smallest absolute Gasteiger partial charge is 0.270 e. The second kappa shape index (κ2) is 10.4. The predicted octanol–water partition coefficient (Wildman–Crippen LogP) is 3.19. The summed E-state index contributed by atoms with van der Waals surface area (Å²) in [5, 5.41) is 0. The van der Waals surface area contributed by atoms with Crippen LogP contribution in [-0.4, -0.2) is 42.9 Å². The first-order valence-corrected chi connectivity index (χ1v) is 13.3. The number of rotatable bonds is 8.